The number of aliphatic hydroxyl groups is 1. The molecule has 3 N–H and O–H groups in total. The lowest BCUT2D eigenvalue weighted by molar-refractivity contribution is -0.151. The molecule has 1 unspecified atom stereocenters. The number of carbonyl (C=O) groups excluding carboxylic acids is 1. The first-order valence-corrected chi connectivity index (χ1v) is 4.82. The van der Waals surface area contributed by atoms with Gasteiger partial charge in [0, 0.05) is 24.9 Å². The number of aliphatic hydroxyl groups excluding tert-OH is 1. The van der Waals surface area contributed by atoms with Gasteiger partial charge in [-0.25, -0.2) is 0 Å². The standard InChI is InChI=1S/C9H16N2O2/c1-5(10)9(13)11-3-6-2-7(4-11)8(6)12/h5-8,12H,2-4,10H2,1H3/t5-,6-,7+,8?/m1/s1. The maximum atomic E-state index is 11.5. The molecule has 4 nitrogen and oxygen atoms in total. The Balaban J connectivity index is 1.95. The van der Waals surface area contributed by atoms with Crippen LogP contribution in [0.25, 0.3) is 0 Å². The van der Waals surface area contributed by atoms with Crippen LogP contribution in [0.15, 0.2) is 0 Å². The summed E-state index contributed by atoms with van der Waals surface area (Å²) in [5, 5.41) is 9.50. The van der Waals surface area contributed by atoms with E-state index in [-0.39, 0.29) is 12.0 Å². The Kier molecular flexibility index (Phi) is 2.04. The lowest BCUT2D eigenvalue weighted by atomic mass is 9.68. The number of hydrogen-bond acceptors (Lipinski definition) is 3. The van der Waals surface area contributed by atoms with Crippen LogP contribution < -0.4 is 5.73 Å². The molecule has 0 aromatic carbocycles. The molecule has 2 heterocycles. The van der Waals surface area contributed by atoms with Crippen molar-refractivity contribution in [2.75, 3.05) is 13.1 Å². The molecule has 3 fully saturated rings. The smallest absolute Gasteiger partial charge is 0.239 e. The molecule has 13 heavy (non-hydrogen) atoms. The van der Waals surface area contributed by atoms with Gasteiger partial charge in [0.05, 0.1) is 12.1 Å². The summed E-state index contributed by atoms with van der Waals surface area (Å²) in [6, 6.07) is -0.408. The van der Waals surface area contributed by atoms with Crippen LogP contribution in [0.3, 0.4) is 0 Å². The highest BCUT2D eigenvalue weighted by Gasteiger charge is 2.46. The Hall–Kier alpha value is -0.610. The monoisotopic (exact) mass is 184 g/mol. The average molecular weight is 184 g/mol. The van der Waals surface area contributed by atoms with Crippen molar-refractivity contribution in [3.8, 4) is 0 Å². The number of hydrogen-bond donors (Lipinski definition) is 2. The van der Waals surface area contributed by atoms with Crippen LogP contribution in [0, 0.1) is 11.8 Å². The Labute approximate surface area is 77.7 Å². The summed E-state index contributed by atoms with van der Waals surface area (Å²) in [4.78, 5) is 13.3. The highest BCUT2D eigenvalue weighted by Crippen LogP contribution is 2.39. The maximum absolute atomic E-state index is 11.5. The first kappa shape index (κ1) is 8.97. The number of nitrogens with two attached hydrogens (primary N) is 1. The first-order valence-electron chi connectivity index (χ1n) is 4.82. The van der Waals surface area contributed by atoms with Gasteiger partial charge in [-0.1, -0.05) is 0 Å². The molecule has 1 aliphatic carbocycles. The van der Waals surface area contributed by atoms with Crippen LogP contribution in [0.5, 0.6) is 0 Å². The summed E-state index contributed by atoms with van der Waals surface area (Å²) in [5.74, 6) is 0.629. The van der Waals surface area contributed by atoms with Crippen molar-refractivity contribution in [3.05, 3.63) is 0 Å². The van der Waals surface area contributed by atoms with E-state index in [2.05, 4.69) is 0 Å². The highest BCUT2D eigenvalue weighted by atomic mass is 16.3. The second-order valence-corrected chi connectivity index (χ2v) is 4.28. The number of nitrogens with zero attached hydrogens (tertiary/aromatic N) is 1. The Morgan fingerprint density at radius 3 is 2.46 bits per heavy atom. The molecule has 3 rings (SSSR count). The second-order valence-electron chi connectivity index (χ2n) is 4.28. The normalized spacial score (nSPS) is 39.6. The molecule has 4 atom stereocenters. The summed E-state index contributed by atoms with van der Waals surface area (Å²) in [5.41, 5.74) is 5.51. The minimum Gasteiger partial charge on any atom is -0.392 e. The van der Waals surface area contributed by atoms with E-state index in [9.17, 15) is 9.90 Å². The highest BCUT2D eigenvalue weighted by molar-refractivity contribution is 5.81. The molecule has 3 aliphatic rings. The van der Waals surface area contributed by atoms with Gasteiger partial charge in [0.15, 0.2) is 0 Å². The van der Waals surface area contributed by atoms with Gasteiger partial charge in [0.1, 0.15) is 0 Å². The van der Waals surface area contributed by atoms with Gasteiger partial charge in [0.2, 0.25) is 5.91 Å². The molecule has 0 spiro atoms. The molecule has 0 aromatic rings. The van der Waals surface area contributed by atoms with E-state index in [1.54, 1.807) is 11.8 Å². The van der Waals surface area contributed by atoms with Gasteiger partial charge in [-0.2, -0.15) is 0 Å². The number of amides is 1. The van der Waals surface area contributed by atoms with Crippen molar-refractivity contribution in [2.45, 2.75) is 25.5 Å². The first-order chi connectivity index (χ1) is 6.09. The third-order valence-electron chi connectivity index (χ3n) is 3.18. The molecule has 2 saturated heterocycles. The van der Waals surface area contributed by atoms with E-state index in [1.807, 2.05) is 0 Å². The minimum absolute atomic E-state index is 0.0154. The molecule has 0 aromatic heterocycles. The summed E-state index contributed by atoms with van der Waals surface area (Å²) in [6.45, 7) is 3.09. The fourth-order valence-electron chi connectivity index (χ4n) is 2.33. The van der Waals surface area contributed by atoms with Gasteiger partial charge in [-0.3, -0.25) is 4.79 Å². The summed E-state index contributed by atoms with van der Waals surface area (Å²) >= 11 is 0. The van der Waals surface area contributed by atoms with Crippen LogP contribution in [-0.2, 0) is 4.79 Å². The fourth-order valence-corrected chi connectivity index (χ4v) is 2.33. The molecule has 74 valence electrons. The van der Waals surface area contributed by atoms with Crippen molar-refractivity contribution < 1.29 is 9.90 Å². The fraction of sp³-hybridized carbons (Fsp3) is 0.889. The van der Waals surface area contributed by atoms with Gasteiger partial charge >= 0.3 is 0 Å². The average Bonchev–Trinajstić information content (AvgIpc) is 2.15. The lowest BCUT2D eigenvalue weighted by Gasteiger charge is -2.51. The van der Waals surface area contributed by atoms with Crippen LogP contribution in [-0.4, -0.2) is 41.1 Å². The zero-order valence-corrected chi connectivity index (χ0v) is 7.81. The summed E-state index contributed by atoms with van der Waals surface area (Å²) in [6.07, 6.45) is 0.904. The molecular formula is C9H16N2O2. The Morgan fingerprint density at radius 2 is 2.08 bits per heavy atom. The van der Waals surface area contributed by atoms with Crippen LogP contribution >= 0.6 is 0 Å². The molecule has 0 radical (unpaired) electrons. The molecule has 1 saturated carbocycles. The lowest BCUT2D eigenvalue weighted by Crippen LogP contribution is -2.61. The van der Waals surface area contributed by atoms with Crippen molar-refractivity contribution in [2.24, 2.45) is 17.6 Å². The Morgan fingerprint density at radius 1 is 1.54 bits per heavy atom. The van der Waals surface area contributed by atoms with E-state index < -0.39 is 6.04 Å². The molecule has 1 amide bonds. The topological polar surface area (TPSA) is 66.6 Å². The van der Waals surface area contributed by atoms with E-state index >= 15 is 0 Å². The van der Waals surface area contributed by atoms with Crippen LogP contribution in [0.1, 0.15) is 13.3 Å². The SMILES string of the molecule is C[C@@H](N)C(=O)N1C[C@H]2C[C@@H](C1)C2O. The third-order valence-corrected chi connectivity index (χ3v) is 3.18. The summed E-state index contributed by atoms with van der Waals surface area (Å²) < 4.78 is 0. The van der Waals surface area contributed by atoms with Crippen LogP contribution in [0.4, 0.5) is 0 Å². The number of carbonyl (C=O) groups is 1. The van der Waals surface area contributed by atoms with Gasteiger partial charge in [0.25, 0.3) is 0 Å². The predicted molar refractivity (Wildman–Crippen MR) is 47.8 cm³/mol. The number of fused-ring (bicyclic) bond motifs is 2. The largest absolute Gasteiger partial charge is 0.392 e. The van der Waals surface area contributed by atoms with Gasteiger partial charge < -0.3 is 15.7 Å². The van der Waals surface area contributed by atoms with Crippen LogP contribution in [0.2, 0.25) is 0 Å². The summed E-state index contributed by atoms with van der Waals surface area (Å²) in [7, 11) is 0. The van der Waals surface area contributed by atoms with E-state index in [0.717, 1.165) is 6.42 Å². The van der Waals surface area contributed by atoms with Gasteiger partial charge in [-0.05, 0) is 13.3 Å². The zero-order valence-electron chi connectivity index (χ0n) is 7.81. The third kappa shape index (κ3) is 1.34. The van der Waals surface area contributed by atoms with Crippen molar-refractivity contribution in [1.29, 1.82) is 0 Å². The number of rotatable bonds is 1. The molecule has 2 bridgehead atoms. The zero-order chi connectivity index (χ0) is 9.59. The van der Waals surface area contributed by atoms with E-state index in [0.29, 0.717) is 24.9 Å². The van der Waals surface area contributed by atoms with Crippen molar-refractivity contribution in [1.82, 2.24) is 4.90 Å². The predicted octanol–water partition coefficient (Wildman–Crippen LogP) is -0.827. The Bertz CT molecular complexity index is 218. The van der Waals surface area contributed by atoms with Crippen molar-refractivity contribution >= 4 is 5.91 Å². The quantitative estimate of drug-likeness (QED) is 0.559. The number of piperidine rings is 2. The van der Waals surface area contributed by atoms with Crippen molar-refractivity contribution in [3.63, 3.8) is 0 Å². The second kappa shape index (κ2) is 2.96. The van der Waals surface area contributed by atoms with Gasteiger partial charge in [-0.15, -0.1) is 0 Å². The minimum atomic E-state index is -0.408. The van der Waals surface area contributed by atoms with E-state index in [4.69, 9.17) is 5.73 Å². The molecule has 4 heteroatoms. The molecule has 2 aliphatic heterocycles. The molecular weight excluding hydrogens is 168 g/mol. The maximum Gasteiger partial charge on any atom is 0.239 e. The van der Waals surface area contributed by atoms with E-state index in [1.165, 1.54) is 0 Å².